The van der Waals surface area contributed by atoms with E-state index in [-0.39, 0.29) is 11.4 Å². The molecule has 0 aliphatic heterocycles. The van der Waals surface area contributed by atoms with Crippen LogP contribution in [0.3, 0.4) is 0 Å². The van der Waals surface area contributed by atoms with E-state index in [4.69, 9.17) is 16.7 Å². The largest absolute Gasteiger partial charge is 0.282 e. The van der Waals surface area contributed by atoms with Crippen LogP contribution in [0.15, 0.2) is 54.6 Å². The predicted octanol–water partition coefficient (Wildman–Crippen LogP) is 3.92. The molecule has 0 spiro atoms. The molecule has 3 aromatic rings. The molecule has 0 aliphatic carbocycles. The van der Waals surface area contributed by atoms with Crippen LogP contribution in [-0.2, 0) is 15.8 Å². The molecule has 0 saturated carbocycles. The smallest absolute Gasteiger partial charge is 0.233 e. The van der Waals surface area contributed by atoms with Gasteiger partial charge in [0.05, 0.1) is 17.1 Å². The number of halogens is 3. The first kappa shape index (κ1) is 18.5. The van der Waals surface area contributed by atoms with Gasteiger partial charge in [-0.25, -0.2) is 27.0 Å². The van der Waals surface area contributed by atoms with Crippen LogP contribution in [-0.4, -0.2) is 18.2 Å². The number of nitrogens with zero attached hydrogens (tertiary/aromatic N) is 2. The lowest BCUT2D eigenvalue weighted by molar-refractivity contribution is 0.145. The number of alkyl halides is 2. The molecule has 0 radical (unpaired) electrons. The molecule has 0 bridgehead atoms. The van der Waals surface area contributed by atoms with E-state index < -0.39 is 16.4 Å². The zero-order valence-electron chi connectivity index (χ0n) is 13.3. The lowest BCUT2D eigenvalue weighted by Crippen LogP contribution is -2.14. The van der Waals surface area contributed by atoms with E-state index in [0.29, 0.717) is 27.5 Å². The summed E-state index contributed by atoms with van der Waals surface area (Å²) < 4.78 is 50.0. The van der Waals surface area contributed by atoms with Gasteiger partial charge in [-0.05, 0) is 35.9 Å². The van der Waals surface area contributed by atoms with Crippen molar-refractivity contribution in [2.75, 3.05) is 0 Å². The van der Waals surface area contributed by atoms with E-state index >= 15 is 0 Å². The molecule has 2 aromatic carbocycles. The van der Waals surface area contributed by atoms with Gasteiger partial charge in [-0.3, -0.25) is 0 Å². The summed E-state index contributed by atoms with van der Waals surface area (Å²) in [5.41, 5.74) is 1.78. The molecule has 1 aromatic heterocycles. The fourth-order valence-electron chi connectivity index (χ4n) is 2.49. The standard InChI is InChI=1S/C17H14ClF2N3O2S/c18-13-5-7-14(8-6-13)23-16(9-15(22-23)17(19)20)12-3-1-11(2-4-12)10-26(21,24)25/h1-9,17H,10H2,(H2,21,24,25). The fraction of sp³-hybridized carbons (Fsp3) is 0.118. The lowest BCUT2D eigenvalue weighted by atomic mass is 10.1. The molecule has 0 atom stereocenters. The van der Waals surface area contributed by atoms with E-state index in [2.05, 4.69) is 5.10 Å². The Morgan fingerprint density at radius 2 is 1.69 bits per heavy atom. The number of rotatable bonds is 5. The Balaban J connectivity index is 2.04. The third kappa shape index (κ3) is 4.27. The van der Waals surface area contributed by atoms with Gasteiger partial charge in [-0.2, -0.15) is 5.10 Å². The maximum atomic E-state index is 13.1. The Labute approximate surface area is 154 Å². The summed E-state index contributed by atoms with van der Waals surface area (Å²) in [4.78, 5) is 0. The Bertz CT molecular complexity index is 1020. The second-order valence-corrected chi connectivity index (χ2v) is 7.70. The van der Waals surface area contributed by atoms with Gasteiger partial charge in [-0.1, -0.05) is 35.9 Å². The average Bonchev–Trinajstić information content (AvgIpc) is 3.00. The van der Waals surface area contributed by atoms with Gasteiger partial charge in [0.25, 0.3) is 6.43 Å². The molecule has 26 heavy (non-hydrogen) atoms. The van der Waals surface area contributed by atoms with Gasteiger partial charge in [-0.15, -0.1) is 0 Å². The minimum atomic E-state index is -3.65. The van der Waals surface area contributed by atoms with Crippen molar-refractivity contribution in [1.82, 2.24) is 9.78 Å². The zero-order chi connectivity index (χ0) is 18.9. The number of aromatic nitrogens is 2. The van der Waals surface area contributed by atoms with Crippen LogP contribution in [0.2, 0.25) is 5.02 Å². The second-order valence-electron chi connectivity index (χ2n) is 5.65. The molecule has 9 heteroatoms. The van der Waals surface area contributed by atoms with Crippen LogP contribution in [0.5, 0.6) is 0 Å². The van der Waals surface area contributed by atoms with Crippen molar-refractivity contribution in [2.24, 2.45) is 5.14 Å². The highest BCUT2D eigenvalue weighted by atomic mass is 35.5. The highest BCUT2D eigenvalue weighted by Crippen LogP contribution is 2.29. The summed E-state index contributed by atoms with van der Waals surface area (Å²) >= 11 is 5.87. The van der Waals surface area contributed by atoms with E-state index in [1.165, 1.54) is 10.7 Å². The summed E-state index contributed by atoms with van der Waals surface area (Å²) in [5.74, 6) is -0.300. The normalized spacial score (nSPS) is 11.9. The molecule has 136 valence electrons. The number of sulfonamides is 1. The third-order valence-electron chi connectivity index (χ3n) is 3.64. The highest BCUT2D eigenvalue weighted by Gasteiger charge is 2.18. The molecule has 5 nitrogen and oxygen atoms in total. The van der Waals surface area contributed by atoms with Crippen molar-refractivity contribution in [3.05, 3.63) is 70.9 Å². The molecule has 0 fully saturated rings. The number of primary sulfonamides is 1. The van der Waals surface area contributed by atoms with Crippen LogP contribution in [0.4, 0.5) is 8.78 Å². The molecule has 0 saturated heterocycles. The van der Waals surface area contributed by atoms with Crippen molar-refractivity contribution in [1.29, 1.82) is 0 Å². The molecule has 2 N–H and O–H groups in total. The van der Waals surface area contributed by atoms with Crippen LogP contribution in [0.25, 0.3) is 16.9 Å². The number of benzene rings is 2. The van der Waals surface area contributed by atoms with Crippen molar-refractivity contribution in [3.8, 4) is 16.9 Å². The second kappa shape index (κ2) is 7.14. The van der Waals surface area contributed by atoms with E-state index in [1.54, 1.807) is 48.5 Å². The average molecular weight is 398 g/mol. The van der Waals surface area contributed by atoms with E-state index in [9.17, 15) is 17.2 Å². The number of nitrogens with two attached hydrogens (primary N) is 1. The molecular weight excluding hydrogens is 384 g/mol. The van der Waals surface area contributed by atoms with Crippen LogP contribution >= 0.6 is 11.6 Å². The van der Waals surface area contributed by atoms with Crippen molar-refractivity contribution in [2.45, 2.75) is 12.2 Å². The van der Waals surface area contributed by atoms with E-state index in [0.717, 1.165) is 0 Å². The fourth-order valence-corrected chi connectivity index (χ4v) is 3.28. The first-order valence-corrected chi connectivity index (χ1v) is 9.56. The molecule has 0 amide bonds. The van der Waals surface area contributed by atoms with Crippen LogP contribution in [0.1, 0.15) is 17.7 Å². The van der Waals surface area contributed by atoms with Crippen LogP contribution in [0, 0.1) is 0 Å². The highest BCUT2D eigenvalue weighted by molar-refractivity contribution is 7.88. The molecule has 0 aliphatic rings. The van der Waals surface area contributed by atoms with Crippen molar-refractivity contribution < 1.29 is 17.2 Å². The zero-order valence-corrected chi connectivity index (χ0v) is 14.9. The molecule has 3 rings (SSSR count). The predicted molar refractivity (Wildman–Crippen MR) is 95.8 cm³/mol. The first-order valence-electron chi connectivity index (χ1n) is 7.47. The first-order chi connectivity index (χ1) is 12.2. The lowest BCUT2D eigenvalue weighted by Gasteiger charge is -2.08. The van der Waals surface area contributed by atoms with Gasteiger partial charge in [0.2, 0.25) is 10.0 Å². The van der Waals surface area contributed by atoms with Crippen molar-refractivity contribution >= 4 is 21.6 Å². The molecular formula is C17H14ClF2N3O2S. The minimum absolute atomic E-state index is 0.300. The van der Waals surface area contributed by atoms with Gasteiger partial charge in [0, 0.05) is 10.6 Å². The monoisotopic (exact) mass is 397 g/mol. The Morgan fingerprint density at radius 3 is 2.23 bits per heavy atom. The number of hydrogen-bond acceptors (Lipinski definition) is 3. The van der Waals surface area contributed by atoms with Crippen molar-refractivity contribution in [3.63, 3.8) is 0 Å². The minimum Gasteiger partial charge on any atom is -0.233 e. The Morgan fingerprint density at radius 1 is 1.08 bits per heavy atom. The molecule has 0 unspecified atom stereocenters. The third-order valence-corrected chi connectivity index (χ3v) is 4.63. The topological polar surface area (TPSA) is 78.0 Å². The Hall–Kier alpha value is -2.29. The summed E-state index contributed by atoms with van der Waals surface area (Å²) in [6.45, 7) is 0. The SMILES string of the molecule is NS(=O)(=O)Cc1ccc(-c2cc(C(F)F)nn2-c2ccc(Cl)cc2)cc1. The van der Waals surface area contributed by atoms with Crippen LogP contribution < -0.4 is 5.14 Å². The van der Waals surface area contributed by atoms with Gasteiger partial charge in [0.1, 0.15) is 5.69 Å². The summed E-state index contributed by atoms with van der Waals surface area (Å²) in [6, 6.07) is 14.4. The van der Waals surface area contributed by atoms with Gasteiger partial charge < -0.3 is 0 Å². The molecule has 1 heterocycles. The van der Waals surface area contributed by atoms with E-state index in [1.807, 2.05) is 0 Å². The maximum absolute atomic E-state index is 13.1. The van der Waals surface area contributed by atoms with Gasteiger partial charge >= 0.3 is 0 Å². The maximum Gasteiger partial charge on any atom is 0.282 e. The summed E-state index contributed by atoms with van der Waals surface area (Å²) in [6.07, 6.45) is -2.72. The Kier molecular flexibility index (Phi) is 5.08. The van der Waals surface area contributed by atoms with Gasteiger partial charge in [0.15, 0.2) is 0 Å². The quantitative estimate of drug-likeness (QED) is 0.708. The summed E-state index contributed by atoms with van der Waals surface area (Å²) in [7, 11) is -3.65. The number of hydrogen-bond donors (Lipinski definition) is 1. The summed E-state index contributed by atoms with van der Waals surface area (Å²) in [5, 5.41) is 9.52.